The fourth-order valence-corrected chi connectivity index (χ4v) is 8.42. The van der Waals surface area contributed by atoms with Gasteiger partial charge in [-0.2, -0.15) is 0 Å². The maximum absolute atomic E-state index is 12.6. The van der Waals surface area contributed by atoms with Gasteiger partial charge in [-0.05, 0) is 131 Å². The van der Waals surface area contributed by atoms with Crippen molar-refractivity contribution in [1.82, 2.24) is 4.90 Å². The summed E-state index contributed by atoms with van der Waals surface area (Å²) < 4.78 is 23.7. The summed E-state index contributed by atoms with van der Waals surface area (Å²) in [5.74, 6) is 1.94. The fourth-order valence-electron chi connectivity index (χ4n) is 8.22. The van der Waals surface area contributed by atoms with E-state index in [1.165, 1.54) is 18.2 Å². The number of nitrogens with zero attached hydrogens (tertiary/aromatic N) is 2. The normalized spacial score (nSPS) is 27.1. The molecule has 6 rings (SSSR count). The molecule has 1 amide bonds. The molecule has 2 heterocycles. The van der Waals surface area contributed by atoms with E-state index in [4.69, 9.17) is 30.5 Å². The third kappa shape index (κ3) is 7.54. The summed E-state index contributed by atoms with van der Waals surface area (Å²) >= 11 is 6.45. The first-order chi connectivity index (χ1) is 22.4. The molecule has 2 fully saturated rings. The number of aryl methyl sites for hydroxylation is 1. The Morgan fingerprint density at radius 3 is 2.70 bits per heavy atom. The summed E-state index contributed by atoms with van der Waals surface area (Å²) in [7, 11) is 3.25. The first-order valence-corrected chi connectivity index (χ1v) is 17.8. The lowest BCUT2D eigenvalue weighted by atomic mass is 9.67. The molecule has 0 aromatic heterocycles. The van der Waals surface area contributed by atoms with E-state index in [9.17, 15) is 9.59 Å². The minimum Gasteiger partial charge on any atom is -0.490 e. The van der Waals surface area contributed by atoms with Gasteiger partial charge in [0, 0.05) is 43.7 Å². The topological polar surface area (TPSA) is 77.5 Å². The summed E-state index contributed by atoms with van der Waals surface area (Å²) in [6, 6.07) is 12.0. The molecule has 2 unspecified atom stereocenters. The quantitative estimate of drug-likeness (QED) is 0.281. The van der Waals surface area contributed by atoms with Crippen molar-refractivity contribution in [3.63, 3.8) is 0 Å². The van der Waals surface area contributed by atoms with Crippen LogP contribution in [0.2, 0.25) is 5.02 Å². The van der Waals surface area contributed by atoms with Crippen LogP contribution in [-0.2, 0) is 26.0 Å². The Labute approximate surface area is 285 Å². The van der Waals surface area contributed by atoms with Crippen LogP contribution in [0.1, 0.15) is 87.2 Å². The van der Waals surface area contributed by atoms with Crippen molar-refractivity contribution in [3.05, 3.63) is 58.1 Å². The minimum absolute atomic E-state index is 0.172. The molecule has 1 saturated carbocycles. The molecule has 4 aliphatic rings. The summed E-state index contributed by atoms with van der Waals surface area (Å²) in [4.78, 5) is 29.3. The number of carbonyl (C=O) groups excluding carboxylic acids is 2. The molecule has 1 saturated heterocycles. The number of esters is 1. The number of ether oxygens (including phenoxy) is 4. The third-order valence-corrected chi connectivity index (χ3v) is 11.1. The van der Waals surface area contributed by atoms with Gasteiger partial charge in [-0.15, -0.1) is 0 Å². The molecule has 2 aliphatic heterocycles. The lowest BCUT2D eigenvalue weighted by Gasteiger charge is -2.48. The van der Waals surface area contributed by atoms with E-state index in [0.717, 1.165) is 87.5 Å². The number of rotatable bonds is 7. The molecule has 256 valence electrons. The van der Waals surface area contributed by atoms with Crippen molar-refractivity contribution in [2.24, 2.45) is 17.8 Å². The van der Waals surface area contributed by atoms with Gasteiger partial charge in [-0.1, -0.05) is 17.7 Å². The highest BCUT2D eigenvalue weighted by Gasteiger charge is 2.45. The van der Waals surface area contributed by atoms with Crippen molar-refractivity contribution >= 4 is 29.4 Å². The number of carbonyl (C=O) groups is 2. The SMILES string of the molecule is COC(=O)c1ccc2c(c1)N(CC1CCC1[C@@H]1C[C@H](CCN(C)C(=O)OC(C)(C)C)CCO1)C[C@@]1(CCCc3cc(Cl)ccc31)CO2. The number of anilines is 1. The first kappa shape index (κ1) is 33.9. The summed E-state index contributed by atoms with van der Waals surface area (Å²) in [5.41, 5.74) is 3.47. The van der Waals surface area contributed by atoms with Gasteiger partial charge in [0.2, 0.25) is 0 Å². The molecular formula is C38H51ClN2O6. The molecule has 0 N–H and O–H groups in total. The van der Waals surface area contributed by atoms with Gasteiger partial charge in [0.05, 0.1) is 31.1 Å². The number of hydrogen-bond donors (Lipinski definition) is 0. The number of fused-ring (bicyclic) bond motifs is 3. The Hall–Kier alpha value is -2.97. The second-order valence-corrected chi connectivity index (χ2v) is 15.7. The van der Waals surface area contributed by atoms with Crippen molar-refractivity contribution in [2.45, 2.75) is 89.3 Å². The van der Waals surface area contributed by atoms with Gasteiger partial charge in [0.25, 0.3) is 0 Å². The predicted molar refractivity (Wildman–Crippen MR) is 184 cm³/mol. The lowest BCUT2D eigenvalue weighted by molar-refractivity contribution is -0.0839. The average molecular weight is 667 g/mol. The van der Waals surface area contributed by atoms with Crippen LogP contribution in [0, 0.1) is 17.8 Å². The van der Waals surface area contributed by atoms with E-state index < -0.39 is 5.60 Å². The minimum atomic E-state index is -0.497. The molecule has 2 aromatic rings. The van der Waals surface area contributed by atoms with Gasteiger partial charge in [-0.3, -0.25) is 0 Å². The van der Waals surface area contributed by atoms with E-state index >= 15 is 0 Å². The van der Waals surface area contributed by atoms with Crippen LogP contribution >= 0.6 is 11.6 Å². The zero-order chi connectivity index (χ0) is 33.3. The summed E-state index contributed by atoms with van der Waals surface area (Å²) in [5, 5.41) is 0.776. The number of amides is 1. The van der Waals surface area contributed by atoms with Crippen LogP contribution in [0.25, 0.3) is 0 Å². The van der Waals surface area contributed by atoms with Crippen molar-refractivity contribution in [3.8, 4) is 5.75 Å². The van der Waals surface area contributed by atoms with Crippen LogP contribution in [0.5, 0.6) is 5.75 Å². The molecule has 0 radical (unpaired) electrons. The van der Waals surface area contributed by atoms with E-state index in [0.29, 0.717) is 36.5 Å². The Kier molecular flexibility index (Phi) is 10.0. The van der Waals surface area contributed by atoms with Crippen LogP contribution < -0.4 is 9.64 Å². The Morgan fingerprint density at radius 1 is 1.13 bits per heavy atom. The monoisotopic (exact) mass is 666 g/mol. The Morgan fingerprint density at radius 2 is 1.96 bits per heavy atom. The molecule has 2 aromatic carbocycles. The zero-order valence-corrected chi connectivity index (χ0v) is 29.4. The van der Waals surface area contributed by atoms with Gasteiger partial charge < -0.3 is 28.7 Å². The average Bonchev–Trinajstić information content (AvgIpc) is 3.17. The third-order valence-electron chi connectivity index (χ3n) is 10.9. The first-order valence-electron chi connectivity index (χ1n) is 17.4. The number of methoxy groups -OCH3 is 1. The Balaban J connectivity index is 1.19. The maximum Gasteiger partial charge on any atom is 0.410 e. The highest BCUT2D eigenvalue weighted by molar-refractivity contribution is 6.30. The molecular weight excluding hydrogens is 616 g/mol. The standard InChI is InChI=1S/C38H51ClN2O6/c1-37(2,3)47-36(43)40(4)17-14-25-15-18-45-34(19-25)30-11-8-28(30)22-41-23-38(16-6-7-26-20-29(39)10-12-31(26)38)24-46-33-13-9-27(21-32(33)41)35(42)44-5/h9-10,12-13,20-21,25,28,30,34H,6-8,11,14-19,22-24H2,1-5H3/t25-,28?,30?,34+,38+/m1/s1. The fraction of sp³-hybridized carbons (Fsp3) is 0.632. The van der Waals surface area contributed by atoms with E-state index in [1.807, 2.05) is 46.0 Å². The maximum atomic E-state index is 12.6. The number of hydrogen-bond acceptors (Lipinski definition) is 7. The number of benzene rings is 2. The zero-order valence-electron chi connectivity index (χ0n) is 28.7. The molecule has 2 aliphatic carbocycles. The molecule has 5 atom stereocenters. The lowest BCUT2D eigenvalue weighted by Crippen LogP contribution is -2.50. The van der Waals surface area contributed by atoms with Crippen molar-refractivity contribution < 1.29 is 28.5 Å². The number of halogens is 1. The van der Waals surface area contributed by atoms with E-state index in [1.54, 1.807) is 11.0 Å². The van der Waals surface area contributed by atoms with Crippen molar-refractivity contribution in [1.29, 1.82) is 0 Å². The molecule has 9 heteroatoms. The Bertz CT molecular complexity index is 1460. The van der Waals surface area contributed by atoms with Crippen LogP contribution in [0.4, 0.5) is 10.5 Å². The van der Waals surface area contributed by atoms with E-state index in [2.05, 4.69) is 17.0 Å². The van der Waals surface area contributed by atoms with Crippen LogP contribution in [-0.4, -0.2) is 75.7 Å². The summed E-state index contributed by atoms with van der Waals surface area (Å²) in [6.07, 6.45) is 8.40. The smallest absolute Gasteiger partial charge is 0.410 e. The van der Waals surface area contributed by atoms with Gasteiger partial charge in [0.15, 0.2) is 0 Å². The predicted octanol–water partition coefficient (Wildman–Crippen LogP) is 7.68. The van der Waals surface area contributed by atoms with Gasteiger partial charge in [-0.25, -0.2) is 9.59 Å². The highest BCUT2D eigenvalue weighted by Crippen LogP contribution is 2.48. The molecule has 1 spiro atoms. The largest absolute Gasteiger partial charge is 0.490 e. The molecule has 8 nitrogen and oxygen atoms in total. The molecule has 0 bridgehead atoms. The van der Waals surface area contributed by atoms with Crippen LogP contribution in [0.15, 0.2) is 36.4 Å². The highest BCUT2D eigenvalue weighted by atomic mass is 35.5. The second kappa shape index (κ2) is 13.9. The van der Waals surface area contributed by atoms with Crippen molar-refractivity contribution in [2.75, 3.05) is 51.9 Å². The van der Waals surface area contributed by atoms with Gasteiger partial charge in [0.1, 0.15) is 11.4 Å². The second-order valence-electron chi connectivity index (χ2n) is 15.3. The van der Waals surface area contributed by atoms with Crippen LogP contribution in [0.3, 0.4) is 0 Å². The van der Waals surface area contributed by atoms with Gasteiger partial charge >= 0.3 is 12.1 Å². The van der Waals surface area contributed by atoms with E-state index in [-0.39, 0.29) is 23.6 Å². The summed E-state index contributed by atoms with van der Waals surface area (Å²) in [6.45, 7) is 9.42. The molecule has 47 heavy (non-hydrogen) atoms.